The van der Waals surface area contributed by atoms with Crippen LogP contribution in [0.1, 0.15) is 39.3 Å². The predicted molar refractivity (Wildman–Crippen MR) is 104 cm³/mol. The second-order valence-corrected chi connectivity index (χ2v) is 7.93. The van der Waals surface area contributed by atoms with Crippen LogP contribution in [0, 0.1) is 5.92 Å². The van der Waals surface area contributed by atoms with Gasteiger partial charge in [-0.1, -0.05) is 44.2 Å². The molecule has 2 rings (SSSR count). The molecule has 0 spiro atoms. The number of benzene rings is 1. The van der Waals surface area contributed by atoms with Gasteiger partial charge in [0.1, 0.15) is 21.3 Å². The molecule has 1 unspecified atom stereocenters. The van der Waals surface area contributed by atoms with Crippen molar-refractivity contribution in [2.45, 2.75) is 40.0 Å². The third kappa shape index (κ3) is 5.26. The first-order chi connectivity index (χ1) is 12.4. The lowest BCUT2D eigenvalue weighted by Gasteiger charge is -2.26. The monoisotopic (exact) mass is 474 g/mol. The van der Waals surface area contributed by atoms with Crippen molar-refractivity contribution >= 4 is 33.4 Å². The van der Waals surface area contributed by atoms with Crippen LogP contribution < -0.4 is 0 Å². The summed E-state index contributed by atoms with van der Waals surface area (Å²) >= 11 is -0.696. The Kier molecular flexibility index (Phi) is 7.55. The summed E-state index contributed by atoms with van der Waals surface area (Å²) in [5, 5.41) is 0. The lowest BCUT2D eigenvalue weighted by atomic mass is 10.1. The molecule has 0 saturated heterocycles. The number of hydrogen-bond donors (Lipinski definition) is 0. The number of rotatable bonds is 7. The predicted octanol–water partition coefficient (Wildman–Crippen LogP) is 4.67. The van der Waals surface area contributed by atoms with Crippen molar-refractivity contribution < 1.29 is 23.8 Å². The number of carbonyl (C=O) groups is 2. The zero-order valence-electron chi connectivity index (χ0n) is 15.2. The van der Waals surface area contributed by atoms with Gasteiger partial charge in [0.05, 0.1) is 18.8 Å². The van der Waals surface area contributed by atoms with Crippen molar-refractivity contribution in [2.75, 3.05) is 6.61 Å². The van der Waals surface area contributed by atoms with Gasteiger partial charge in [0.15, 0.2) is 5.70 Å². The normalized spacial score (nSPS) is 15.7. The molecule has 0 fully saturated rings. The Morgan fingerprint density at radius 3 is 2.46 bits per heavy atom. The Bertz CT molecular complexity index is 690. The van der Waals surface area contributed by atoms with Crippen LogP contribution in [0.25, 0.3) is 0 Å². The summed E-state index contributed by atoms with van der Waals surface area (Å²) in [6.45, 7) is 7.47. The maximum absolute atomic E-state index is 12.6. The van der Waals surface area contributed by atoms with Gasteiger partial charge in [-0.25, -0.2) is 12.7 Å². The van der Waals surface area contributed by atoms with Gasteiger partial charge in [-0.05, 0) is 19.4 Å². The van der Waals surface area contributed by atoms with E-state index in [0.29, 0.717) is 5.70 Å². The molecule has 0 aromatic heterocycles. The van der Waals surface area contributed by atoms with Crippen LogP contribution in [-0.2, 0) is 19.0 Å². The maximum atomic E-state index is 12.6. The number of halogens is 1. The van der Waals surface area contributed by atoms with Crippen molar-refractivity contribution in [1.82, 2.24) is 3.11 Å². The summed E-state index contributed by atoms with van der Waals surface area (Å²) < 4.78 is 21.5. The molecule has 0 N–H and O–H groups in total. The molecule has 1 heterocycles. The highest BCUT2D eigenvalue weighted by Gasteiger charge is 2.31. The minimum absolute atomic E-state index is 0.00229. The Balaban J connectivity index is 2.06. The molecule has 1 aliphatic rings. The van der Waals surface area contributed by atoms with Gasteiger partial charge in [-0.15, -0.1) is 0 Å². The lowest BCUT2D eigenvalue weighted by molar-refractivity contribution is -0.175. The van der Waals surface area contributed by atoms with Crippen LogP contribution >= 0.6 is 21.3 Å². The van der Waals surface area contributed by atoms with E-state index in [4.69, 9.17) is 14.2 Å². The summed E-state index contributed by atoms with van der Waals surface area (Å²) in [7, 11) is 0. The standard InChI is InChI=1S/C18H23IN2O5/c1-5-24-18(23)26-17(12(2)3)25-16(22)15-11-20-19-21(15)13(4)14-9-7-6-8-10-14/h6-13,17H,5H2,1-4H3/t13-,17?/m1/s1. The summed E-state index contributed by atoms with van der Waals surface area (Å²) in [5.74, 6) is -0.770. The highest BCUT2D eigenvalue weighted by molar-refractivity contribution is 14.1. The first-order valence-corrected chi connectivity index (χ1v) is 10.3. The highest BCUT2D eigenvalue weighted by Crippen LogP contribution is 2.36. The van der Waals surface area contributed by atoms with Crippen LogP contribution in [-0.4, -0.2) is 28.1 Å². The largest absolute Gasteiger partial charge is 0.511 e. The van der Waals surface area contributed by atoms with Crippen LogP contribution in [0.5, 0.6) is 0 Å². The number of nitrogens with zero attached hydrogens (tertiary/aromatic N) is 2. The molecular weight excluding hydrogens is 451 g/mol. The molecule has 1 aromatic carbocycles. The summed E-state index contributed by atoms with van der Waals surface area (Å²) in [5.41, 5.74) is 1.47. The maximum Gasteiger partial charge on any atom is 0.511 e. The van der Waals surface area contributed by atoms with Gasteiger partial charge in [0, 0.05) is 5.92 Å². The van der Waals surface area contributed by atoms with E-state index in [0.717, 1.165) is 5.56 Å². The molecule has 1 aromatic rings. The van der Waals surface area contributed by atoms with E-state index in [1.807, 2.05) is 40.4 Å². The molecular formula is C18H23IN2O5. The summed E-state index contributed by atoms with van der Waals surface area (Å²) in [4.78, 5) is 24.2. The smallest absolute Gasteiger partial charge is 0.435 e. The molecule has 0 aliphatic carbocycles. The minimum Gasteiger partial charge on any atom is -0.435 e. The van der Waals surface area contributed by atoms with Crippen LogP contribution in [0.15, 0.2) is 45.4 Å². The van der Waals surface area contributed by atoms with Crippen molar-refractivity contribution in [3.05, 3.63) is 47.8 Å². The Morgan fingerprint density at radius 1 is 1.15 bits per heavy atom. The van der Waals surface area contributed by atoms with Gasteiger partial charge in [-0.2, -0.15) is 0 Å². The number of ether oxygens (including phenoxy) is 3. The lowest BCUT2D eigenvalue weighted by Crippen LogP contribution is -2.32. The van der Waals surface area contributed by atoms with Gasteiger partial charge in [0.2, 0.25) is 0 Å². The van der Waals surface area contributed by atoms with Gasteiger partial charge in [-0.3, -0.25) is 3.11 Å². The summed E-state index contributed by atoms with van der Waals surface area (Å²) in [6, 6.07) is 9.89. The Labute approximate surface area is 163 Å². The van der Waals surface area contributed by atoms with E-state index in [-0.39, 0.29) is 18.6 Å². The van der Waals surface area contributed by atoms with Crippen molar-refractivity contribution in [3.8, 4) is 0 Å². The van der Waals surface area contributed by atoms with Crippen LogP contribution in [0.3, 0.4) is 0 Å². The fraction of sp³-hybridized carbons (Fsp3) is 0.444. The molecule has 0 bridgehead atoms. The zero-order chi connectivity index (χ0) is 19.1. The molecule has 7 nitrogen and oxygen atoms in total. The quantitative estimate of drug-likeness (QED) is 0.247. The van der Waals surface area contributed by atoms with E-state index >= 15 is 0 Å². The van der Waals surface area contributed by atoms with E-state index in [9.17, 15) is 9.59 Å². The molecule has 0 saturated carbocycles. The van der Waals surface area contributed by atoms with E-state index in [2.05, 4.69) is 3.15 Å². The van der Waals surface area contributed by atoms with E-state index in [1.165, 1.54) is 6.20 Å². The van der Waals surface area contributed by atoms with Gasteiger partial charge >= 0.3 is 12.1 Å². The first kappa shape index (κ1) is 20.3. The number of carbonyl (C=O) groups excluding carboxylic acids is 2. The number of hydrogen-bond acceptors (Lipinski definition) is 7. The van der Waals surface area contributed by atoms with E-state index in [1.54, 1.807) is 20.8 Å². The molecule has 2 atom stereocenters. The second kappa shape index (κ2) is 9.65. The fourth-order valence-electron chi connectivity index (χ4n) is 2.20. The van der Waals surface area contributed by atoms with Crippen LogP contribution in [0.2, 0.25) is 0 Å². The highest BCUT2D eigenvalue weighted by atomic mass is 127. The first-order valence-electron chi connectivity index (χ1n) is 8.37. The number of esters is 1. The van der Waals surface area contributed by atoms with Gasteiger partial charge in [0.25, 0.3) is 6.29 Å². The Morgan fingerprint density at radius 2 is 1.85 bits per heavy atom. The molecule has 26 heavy (non-hydrogen) atoms. The van der Waals surface area contributed by atoms with Crippen molar-refractivity contribution in [1.29, 1.82) is 0 Å². The molecule has 0 amide bonds. The van der Waals surface area contributed by atoms with Gasteiger partial charge < -0.3 is 14.2 Å². The third-order valence-corrected chi connectivity index (χ3v) is 5.95. The molecule has 8 heteroatoms. The third-order valence-electron chi connectivity index (χ3n) is 3.60. The SMILES string of the molecule is CCOC(=O)OC(OC(=O)C1=CN=IN1[C@H](C)c1ccccc1)C(C)C. The minimum atomic E-state index is -1.02. The van der Waals surface area contributed by atoms with Crippen LogP contribution in [0.4, 0.5) is 4.79 Å². The Hall–Kier alpha value is -1.97. The fourth-order valence-corrected chi connectivity index (χ4v) is 4.10. The molecule has 142 valence electrons. The molecule has 0 radical (unpaired) electrons. The second-order valence-electron chi connectivity index (χ2n) is 5.90. The zero-order valence-corrected chi connectivity index (χ0v) is 17.4. The van der Waals surface area contributed by atoms with E-state index < -0.39 is 39.7 Å². The average Bonchev–Trinajstić information content (AvgIpc) is 3.11. The topological polar surface area (TPSA) is 77.4 Å². The summed E-state index contributed by atoms with van der Waals surface area (Å²) in [6.07, 6.45) is -0.335. The van der Waals surface area contributed by atoms with Crippen molar-refractivity contribution in [2.24, 2.45) is 9.06 Å². The van der Waals surface area contributed by atoms with Crippen molar-refractivity contribution in [3.63, 3.8) is 0 Å². The average molecular weight is 474 g/mol. The molecule has 1 aliphatic heterocycles.